The fraction of sp³-hybridized carbons (Fsp3) is 0. The summed E-state index contributed by atoms with van der Waals surface area (Å²) in [7, 11) is -2.69. The number of rotatable bonds is 5. The molecule has 2 aromatic heterocycles. The molecule has 0 N–H and O–H groups in total. The molecular weight excluding hydrogens is 589 g/mol. The lowest BCUT2D eigenvalue weighted by Gasteiger charge is -2.44. The van der Waals surface area contributed by atoms with Crippen molar-refractivity contribution in [3.63, 3.8) is 0 Å². The largest absolute Gasteiger partial charge is 0.308 e. The Hall–Kier alpha value is -6.04. The summed E-state index contributed by atoms with van der Waals surface area (Å²) < 4.78 is 2.16. The summed E-state index contributed by atoms with van der Waals surface area (Å²) in [4.78, 5) is 12.5. The van der Waals surface area contributed by atoms with Gasteiger partial charge in [0.2, 0.25) is 5.78 Å². The lowest BCUT2D eigenvalue weighted by atomic mass is 10.1. The molecule has 0 radical (unpaired) electrons. The Morgan fingerprint density at radius 1 is 0.468 bits per heavy atom. The van der Waals surface area contributed by atoms with Crippen molar-refractivity contribution in [1.82, 2.24) is 14.4 Å². The quantitative estimate of drug-likeness (QED) is 0.191. The third-order valence-electron chi connectivity index (χ3n) is 9.33. The van der Waals surface area contributed by atoms with E-state index in [2.05, 4.69) is 179 Å². The molecule has 9 rings (SSSR count). The molecule has 222 valence electrons. The average Bonchev–Trinajstić information content (AvgIpc) is 3.54. The van der Waals surface area contributed by atoms with Crippen LogP contribution < -0.4 is 25.6 Å². The molecule has 1 aliphatic heterocycles. The van der Waals surface area contributed by atoms with Gasteiger partial charge in [-0.2, -0.15) is 0 Å². The van der Waals surface area contributed by atoms with Gasteiger partial charge in [0.25, 0.3) is 0 Å². The minimum atomic E-state index is -2.69. The van der Waals surface area contributed by atoms with Crippen LogP contribution in [0.5, 0.6) is 0 Å². The number of imidazole rings is 1. The predicted octanol–water partition coefficient (Wildman–Crippen LogP) is 7.22. The first-order valence-corrected chi connectivity index (χ1v) is 17.9. The van der Waals surface area contributed by atoms with Crippen LogP contribution in [0.1, 0.15) is 0 Å². The van der Waals surface area contributed by atoms with Gasteiger partial charge in [-0.1, -0.05) is 158 Å². The molecular formula is C42H30N4Si. The van der Waals surface area contributed by atoms with Crippen LogP contribution >= 0.6 is 0 Å². The first-order chi connectivity index (χ1) is 23.3. The maximum atomic E-state index is 5.08. The van der Waals surface area contributed by atoms with E-state index in [1.807, 2.05) is 12.3 Å². The zero-order valence-electron chi connectivity index (χ0n) is 25.6. The summed E-state index contributed by atoms with van der Waals surface area (Å²) in [5, 5.41) is 5.45. The number of para-hydroxylation sites is 2. The minimum absolute atomic E-state index is 0.669. The molecule has 0 spiro atoms. The highest BCUT2D eigenvalue weighted by atomic mass is 28.3. The van der Waals surface area contributed by atoms with Crippen molar-refractivity contribution >= 4 is 51.7 Å². The van der Waals surface area contributed by atoms with Gasteiger partial charge in [-0.25, -0.2) is 9.97 Å². The Kier molecular flexibility index (Phi) is 6.44. The molecule has 0 aliphatic carbocycles. The van der Waals surface area contributed by atoms with Crippen molar-refractivity contribution in [2.45, 2.75) is 0 Å². The number of aromatic nitrogens is 3. The van der Waals surface area contributed by atoms with Crippen molar-refractivity contribution in [3.8, 4) is 22.5 Å². The van der Waals surface area contributed by atoms with Gasteiger partial charge >= 0.3 is 0 Å². The van der Waals surface area contributed by atoms with Gasteiger partial charge in [0.1, 0.15) is 0 Å². The molecule has 1 aliphatic rings. The maximum absolute atomic E-state index is 5.08. The second-order valence-corrected chi connectivity index (χ2v) is 15.6. The molecule has 0 bridgehead atoms. The van der Waals surface area contributed by atoms with Crippen molar-refractivity contribution in [3.05, 3.63) is 182 Å². The smallest absolute Gasteiger partial charge is 0.234 e. The lowest BCUT2D eigenvalue weighted by molar-refractivity contribution is 1.09. The molecule has 6 aromatic carbocycles. The standard InChI is InChI=1S/C42H30N4Si/c1-5-17-31(18-6-1)40-41(32-19-7-2-8-20-32)45-30-33(29-43-42(45)44-40)46-36-25-13-15-27-38(36)47(34-21-9-3-10-22-34,35-23-11-4-12-24-35)39-28-16-14-26-37(39)46/h1-30H. The molecule has 3 heterocycles. The van der Waals surface area contributed by atoms with Crippen molar-refractivity contribution in [2.24, 2.45) is 0 Å². The van der Waals surface area contributed by atoms with Crippen molar-refractivity contribution in [2.75, 3.05) is 4.90 Å². The van der Waals surface area contributed by atoms with Gasteiger partial charge in [-0.05, 0) is 32.9 Å². The van der Waals surface area contributed by atoms with Gasteiger partial charge in [0, 0.05) is 28.7 Å². The number of hydrogen-bond acceptors (Lipinski definition) is 3. The Morgan fingerprint density at radius 2 is 0.936 bits per heavy atom. The topological polar surface area (TPSA) is 33.4 Å². The van der Waals surface area contributed by atoms with E-state index in [0.29, 0.717) is 5.78 Å². The highest BCUT2D eigenvalue weighted by Gasteiger charge is 2.48. The van der Waals surface area contributed by atoms with Crippen LogP contribution in [0, 0.1) is 0 Å². The molecule has 0 saturated heterocycles. The van der Waals surface area contributed by atoms with Gasteiger partial charge in [0.05, 0.1) is 23.3 Å². The Bertz CT molecular complexity index is 2270. The molecule has 0 atom stereocenters. The predicted molar refractivity (Wildman–Crippen MR) is 196 cm³/mol. The van der Waals surface area contributed by atoms with Crippen LogP contribution in [0.15, 0.2) is 182 Å². The first kappa shape index (κ1) is 27.3. The number of benzene rings is 6. The third-order valence-corrected chi connectivity index (χ3v) is 14.2. The van der Waals surface area contributed by atoms with E-state index < -0.39 is 8.07 Å². The fourth-order valence-electron chi connectivity index (χ4n) is 7.40. The average molecular weight is 619 g/mol. The van der Waals surface area contributed by atoms with Crippen LogP contribution in [-0.4, -0.2) is 22.4 Å². The van der Waals surface area contributed by atoms with Crippen molar-refractivity contribution in [1.29, 1.82) is 0 Å². The molecule has 47 heavy (non-hydrogen) atoms. The summed E-state index contributed by atoms with van der Waals surface area (Å²) in [5.41, 5.74) is 7.44. The summed E-state index contributed by atoms with van der Waals surface area (Å²) in [6.07, 6.45) is 4.18. The van der Waals surface area contributed by atoms with Crippen molar-refractivity contribution < 1.29 is 0 Å². The Labute approximate surface area is 274 Å². The van der Waals surface area contributed by atoms with Crippen LogP contribution in [0.25, 0.3) is 28.3 Å². The van der Waals surface area contributed by atoms with E-state index in [1.165, 1.54) is 32.1 Å². The molecule has 5 heteroatoms. The SMILES string of the molecule is c1ccc(-c2nc3ncc(N4c5ccccc5[Si](c5ccccc5)(c5ccccc5)c5ccccc54)cn3c2-c2ccccc2)cc1. The highest BCUT2D eigenvalue weighted by molar-refractivity contribution is 7.21. The lowest BCUT2D eigenvalue weighted by Crippen LogP contribution is -2.77. The van der Waals surface area contributed by atoms with E-state index in [4.69, 9.17) is 9.97 Å². The number of hydrogen-bond donors (Lipinski definition) is 0. The zero-order chi connectivity index (χ0) is 31.2. The number of anilines is 3. The van der Waals surface area contributed by atoms with E-state index in [0.717, 1.165) is 28.2 Å². The highest BCUT2D eigenvalue weighted by Crippen LogP contribution is 2.39. The minimum Gasteiger partial charge on any atom is -0.308 e. The van der Waals surface area contributed by atoms with E-state index >= 15 is 0 Å². The second-order valence-electron chi connectivity index (χ2n) is 11.9. The van der Waals surface area contributed by atoms with Gasteiger partial charge in [-0.15, -0.1) is 0 Å². The zero-order valence-corrected chi connectivity index (χ0v) is 26.6. The molecule has 0 fully saturated rings. The molecule has 8 aromatic rings. The normalized spacial score (nSPS) is 13.2. The van der Waals surface area contributed by atoms with Crippen LogP contribution in [0.4, 0.5) is 17.1 Å². The Balaban J connectivity index is 1.33. The third kappa shape index (κ3) is 4.21. The van der Waals surface area contributed by atoms with Crippen LogP contribution in [0.3, 0.4) is 0 Å². The number of fused-ring (bicyclic) bond motifs is 3. The monoisotopic (exact) mass is 618 g/mol. The maximum Gasteiger partial charge on any atom is 0.234 e. The van der Waals surface area contributed by atoms with Gasteiger partial charge in [0.15, 0.2) is 8.07 Å². The van der Waals surface area contributed by atoms with E-state index in [-0.39, 0.29) is 0 Å². The number of nitrogens with zero attached hydrogens (tertiary/aromatic N) is 4. The second kappa shape index (κ2) is 11.1. The van der Waals surface area contributed by atoms with Crippen LogP contribution in [-0.2, 0) is 0 Å². The summed E-state index contributed by atoms with van der Waals surface area (Å²) in [6.45, 7) is 0. The fourth-order valence-corrected chi connectivity index (χ4v) is 12.5. The molecule has 0 amide bonds. The summed E-state index contributed by atoms with van der Waals surface area (Å²) in [6, 6.07) is 61.0. The molecule has 0 unspecified atom stereocenters. The van der Waals surface area contributed by atoms with Crippen LogP contribution in [0.2, 0.25) is 0 Å². The molecule has 0 saturated carbocycles. The van der Waals surface area contributed by atoms with E-state index in [9.17, 15) is 0 Å². The first-order valence-electron chi connectivity index (χ1n) is 15.9. The van der Waals surface area contributed by atoms with Gasteiger partial charge in [-0.3, -0.25) is 4.40 Å². The van der Waals surface area contributed by atoms with Gasteiger partial charge < -0.3 is 4.90 Å². The Morgan fingerprint density at radius 3 is 1.49 bits per heavy atom. The molecule has 4 nitrogen and oxygen atoms in total. The summed E-state index contributed by atoms with van der Waals surface area (Å²) in [5.74, 6) is 0.669. The summed E-state index contributed by atoms with van der Waals surface area (Å²) >= 11 is 0. The van der Waals surface area contributed by atoms with E-state index in [1.54, 1.807) is 0 Å².